The van der Waals surface area contributed by atoms with Gasteiger partial charge in [-0.25, -0.2) is 0 Å². The Bertz CT molecular complexity index is 680. The molecule has 0 fully saturated rings. The molecule has 2 aromatic rings. The number of carbonyl (C=O) groups excluding carboxylic acids is 2. The minimum atomic E-state index is -1.29. The summed E-state index contributed by atoms with van der Waals surface area (Å²) in [6.45, 7) is 3.93. The molecule has 0 aliphatic carbocycles. The first-order chi connectivity index (χ1) is 10.5. The average Bonchev–Trinajstić information content (AvgIpc) is 2.51. The number of anilines is 1. The largest absolute Gasteiger partial charge is 0.548 e. The van der Waals surface area contributed by atoms with Gasteiger partial charge >= 0.3 is 0 Å². The molecule has 22 heavy (non-hydrogen) atoms. The summed E-state index contributed by atoms with van der Waals surface area (Å²) < 4.78 is 0. The molecule has 0 aromatic heterocycles. The lowest BCUT2D eigenvalue weighted by Crippen LogP contribution is -2.42. The van der Waals surface area contributed by atoms with Crippen molar-refractivity contribution in [1.82, 2.24) is 0 Å². The molecule has 0 aliphatic rings. The Labute approximate surface area is 129 Å². The molecule has 0 saturated carbocycles. The van der Waals surface area contributed by atoms with Crippen LogP contribution in [0.4, 0.5) is 5.69 Å². The second kappa shape index (κ2) is 6.89. The summed E-state index contributed by atoms with van der Waals surface area (Å²) in [7, 11) is 0. The maximum absolute atomic E-state index is 12.1. The molecule has 1 atom stereocenters. The van der Waals surface area contributed by atoms with Gasteiger partial charge in [-0.15, -0.1) is 0 Å². The molecule has 0 unspecified atom stereocenters. The zero-order chi connectivity index (χ0) is 16.1. The Kier molecular flexibility index (Phi) is 4.94. The normalized spacial score (nSPS) is 11.7. The first kappa shape index (κ1) is 15.8. The summed E-state index contributed by atoms with van der Waals surface area (Å²) in [6.07, 6.45) is -0.154. The number of carbonyl (C=O) groups is 2. The van der Waals surface area contributed by atoms with Crippen LogP contribution in [-0.4, -0.2) is 17.8 Å². The number of rotatable bonds is 6. The molecular formula is C18H18NO3-. The Morgan fingerprint density at radius 2 is 1.73 bits per heavy atom. The lowest BCUT2D eigenvalue weighted by atomic mass is 10.0. The van der Waals surface area contributed by atoms with E-state index in [1.165, 1.54) is 0 Å². The van der Waals surface area contributed by atoms with E-state index in [-0.39, 0.29) is 12.2 Å². The van der Waals surface area contributed by atoms with Crippen LogP contribution in [-0.2, 0) is 4.79 Å². The second-order valence-electron chi connectivity index (χ2n) is 5.31. The first-order valence-electron chi connectivity index (χ1n) is 7.10. The van der Waals surface area contributed by atoms with Crippen molar-refractivity contribution in [2.45, 2.75) is 26.3 Å². The molecule has 2 aromatic carbocycles. The van der Waals surface area contributed by atoms with Gasteiger partial charge in [0.2, 0.25) is 0 Å². The highest BCUT2D eigenvalue weighted by Crippen LogP contribution is 2.16. The maximum Gasteiger partial charge on any atom is 0.165 e. The SMILES string of the molecule is Cc1ccc(N[C@@H](CC(=O)c2ccccc2)C(=O)[O-])cc1C. The third-order valence-corrected chi connectivity index (χ3v) is 3.62. The first-order valence-corrected chi connectivity index (χ1v) is 7.10. The van der Waals surface area contributed by atoms with E-state index in [4.69, 9.17) is 0 Å². The van der Waals surface area contributed by atoms with Crippen molar-refractivity contribution in [3.05, 3.63) is 65.2 Å². The topological polar surface area (TPSA) is 69.2 Å². The molecule has 1 N–H and O–H groups in total. The predicted octanol–water partition coefficient (Wildman–Crippen LogP) is 2.11. The van der Waals surface area contributed by atoms with Crippen LogP contribution in [0, 0.1) is 13.8 Å². The maximum atomic E-state index is 12.1. The number of aliphatic carboxylic acids is 1. The van der Waals surface area contributed by atoms with Gasteiger partial charge in [-0.2, -0.15) is 0 Å². The van der Waals surface area contributed by atoms with Gasteiger partial charge in [0.1, 0.15) is 0 Å². The van der Waals surface area contributed by atoms with E-state index in [9.17, 15) is 14.7 Å². The van der Waals surface area contributed by atoms with Crippen molar-refractivity contribution in [2.24, 2.45) is 0 Å². The van der Waals surface area contributed by atoms with Gasteiger partial charge in [0, 0.05) is 17.7 Å². The molecule has 114 valence electrons. The van der Waals surface area contributed by atoms with E-state index in [0.717, 1.165) is 11.1 Å². The minimum absolute atomic E-state index is 0.154. The van der Waals surface area contributed by atoms with Gasteiger partial charge in [-0.05, 0) is 37.1 Å². The lowest BCUT2D eigenvalue weighted by Gasteiger charge is -2.21. The number of carboxylic acid groups (broad SMARTS) is 1. The van der Waals surface area contributed by atoms with E-state index in [1.54, 1.807) is 36.4 Å². The highest BCUT2D eigenvalue weighted by Gasteiger charge is 2.16. The van der Waals surface area contributed by atoms with Crippen molar-refractivity contribution in [2.75, 3.05) is 5.32 Å². The van der Waals surface area contributed by atoms with Crippen molar-refractivity contribution in [3.8, 4) is 0 Å². The fourth-order valence-electron chi connectivity index (χ4n) is 2.15. The van der Waals surface area contributed by atoms with Crippen molar-refractivity contribution in [1.29, 1.82) is 0 Å². The summed E-state index contributed by atoms with van der Waals surface area (Å²) in [6, 6.07) is 13.1. The van der Waals surface area contributed by atoms with Crippen LogP contribution >= 0.6 is 0 Å². The molecule has 4 heteroatoms. The third kappa shape index (κ3) is 3.95. The molecule has 0 heterocycles. The summed E-state index contributed by atoms with van der Waals surface area (Å²) in [5, 5.41) is 14.2. The Balaban J connectivity index is 2.12. The lowest BCUT2D eigenvalue weighted by molar-refractivity contribution is -0.306. The van der Waals surface area contributed by atoms with Crippen LogP contribution in [0.3, 0.4) is 0 Å². The molecule has 0 radical (unpaired) electrons. The zero-order valence-corrected chi connectivity index (χ0v) is 12.6. The minimum Gasteiger partial charge on any atom is -0.548 e. The van der Waals surface area contributed by atoms with Gasteiger partial charge in [0.15, 0.2) is 5.78 Å². The molecule has 0 saturated heterocycles. The van der Waals surface area contributed by atoms with Crippen molar-refractivity contribution in [3.63, 3.8) is 0 Å². The Morgan fingerprint density at radius 1 is 1.05 bits per heavy atom. The number of benzene rings is 2. The number of nitrogens with one attached hydrogen (secondary N) is 1. The summed E-state index contributed by atoms with van der Waals surface area (Å²) in [5.41, 5.74) is 3.33. The number of hydrogen-bond acceptors (Lipinski definition) is 4. The highest BCUT2D eigenvalue weighted by molar-refractivity contribution is 5.99. The van der Waals surface area contributed by atoms with Crippen LogP contribution in [0.15, 0.2) is 48.5 Å². The van der Waals surface area contributed by atoms with Crippen molar-refractivity contribution < 1.29 is 14.7 Å². The van der Waals surface area contributed by atoms with E-state index in [2.05, 4.69) is 5.32 Å². The number of carboxylic acids is 1. The zero-order valence-electron chi connectivity index (χ0n) is 12.6. The molecular weight excluding hydrogens is 278 g/mol. The van der Waals surface area contributed by atoms with E-state index in [0.29, 0.717) is 11.3 Å². The van der Waals surface area contributed by atoms with E-state index >= 15 is 0 Å². The number of Topliss-reactive ketones (excluding diaryl/α,β-unsaturated/α-hetero) is 1. The molecule has 0 spiro atoms. The number of ketones is 1. The summed E-state index contributed by atoms with van der Waals surface area (Å²) in [5.74, 6) is -1.52. The van der Waals surface area contributed by atoms with Gasteiger partial charge in [-0.3, -0.25) is 4.79 Å². The third-order valence-electron chi connectivity index (χ3n) is 3.62. The van der Waals surface area contributed by atoms with E-state index < -0.39 is 12.0 Å². The molecule has 0 bridgehead atoms. The standard InChI is InChI=1S/C18H19NO3/c1-12-8-9-15(10-13(12)2)19-16(18(21)22)11-17(20)14-6-4-3-5-7-14/h3-10,16,19H,11H2,1-2H3,(H,21,22)/p-1/t16-/m0/s1. The van der Waals surface area contributed by atoms with Gasteiger partial charge in [0.25, 0.3) is 0 Å². The Hall–Kier alpha value is -2.62. The van der Waals surface area contributed by atoms with Crippen LogP contribution in [0.1, 0.15) is 27.9 Å². The number of aryl methyl sites for hydroxylation is 2. The predicted molar refractivity (Wildman–Crippen MR) is 83.7 cm³/mol. The molecule has 0 aliphatic heterocycles. The fourth-order valence-corrected chi connectivity index (χ4v) is 2.15. The molecule has 4 nitrogen and oxygen atoms in total. The van der Waals surface area contributed by atoms with Crippen LogP contribution in [0.5, 0.6) is 0 Å². The van der Waals surface area contributed by atoms with Crippen LogP contribution in [0.25, 0.3) is 0 Å². The van der Waals surface area contributed by atoms with Crippen molar-refractivity contribution >= 4 is 17.4 Å². The van der Waals surface area contributed by atoms with Crippen LogP contribution in [0.2, 0.25) is 0 Å². The average molecular weight is 296 g/mol. The van der Waals surface area contributed by atoms with Gasteiger partial charge < -0.3 is 15.2 Å². The second-order valence-corrected chi connectivity index (χ2v) is 5.31. The van der Waals surface area contributed by atoms with Gasteiger partial charge in [-0.1, -0.05) is 36.4 Å². The van der Waals surface area contributed by atoms with Gasteiger partial charge in [0.05, 0.1) is 12.0 Å². The monoisotopic (exact) mass is 296 g/mol. The molecule has 0 amide bonds. The molecule has 2 rings (SSSR count). The summed E-state index contributed by atoms with van der Waals surface area (Å²) in [4.78, 5) is 23.4. The fraction of sp³-hybridized carbons (Fsp3) is 0.222. The highest BCUT2D eigenvalue weighted by atomic mass is 16.4. The smallest absolute Gasteiger partial charge is 0.165 e. The summed E-state index contributed by atoms with van der Waals surface area (Å²) >= 11 is 0. The quantitative estimate of drug-likeness (QED) is 0.829. The number of hydrogen-bond donors (Lipinski definition) is 1. The Morgan fingerprint density at radius 3 is 2.32 bits per heavy atom. The van der Waals surface area contributed by atoms with E-state index in [1.807, 2.05) is 26.0 Å². The van der Waals surface area contributed by atoms with Crippen LogP contribution < -0.4 is 10.4 Å².